The smallest absolute Gasteiger partial charge is 0.389 e. The van der Waals surface area contributed by atoms with Gasteiger partial charge in [0.15, 0.2) is 11.5 Å². The van der Waals surface area contributed by atoms with Crippen molar-refractivity contribution in [2.45, 2.75) is 31.5 Å². The minimum atomic E-state index is -4.16. The molecule has 0 radical (unpaired) electrons. The second-order valence-corrected chi connectivity index (χ2v) is 5.72. The van der Waals surface area contributed by atoms with Crippen molar-refractivity contribution < 1.29 is 22.6 Å². The van der Waals surface area contributed by atoms with E-state index in [4.69, 9.17) is 9.47 Å². The van der Waals surface area contributed by atoms with Crippen molar-refractivity contribution in [2.24, 2.45) is 0 Å². The van der Waals surface area contributed by atoms with Crippen molar-refractivity contribution in [3.8, 4) is 11.5 Å². The molecule has 0 aromatic heterocycles. The van der Waals surface area contributed by atoms with Gasteiger partial charge in [-0.15, -0.1) is 0 Å². The molecule has 1 unspecified atom stereocenters. The zero-order chi connectivity index (χ0) is 15.5. The van der Waals surface area contributed by atoms with E-state index in [2.05, 4.69) is 21.2 Å². The Morgan fingerprint density at radius 3 is 2.43 bits per heavy atom. The summed E-state index contributed by atoms with van der Waals surface area (Å²) in [7, 11) is 1.65. The number of fused-ring (bicyclic) bond motifs is 1. The van der Waals surface area contributed by atoms with Gasteiger partial charge in [-0.3, -0.25) is 0 Å². The third kappa shape index (κ3) is 4.51. The van der Waals surface area contributed by atoms with Gasteiger partial charge in [0.05, 0.1) is 13.2 Å². The highest BCUT2D eigenvalue weighted by atomic mass is 79.9. The molecule has 1 aliphatic rings. The van der Waals surface area contributed by atoms with E-state index in [9.17, 15) is 13.2 Å². The molecule has 1 aromatic carbocycles. The van der Waals surface area contributed by atoms with Crippen molar-refractivity contribution >= 4 is 15.9 Å². The summed E-state index contributed by atoms with van der Waals surface area (Å²) in [5, 5.41) is 2.93. The Balaban J connectivity index is 2.22. The predicted molar refractivity (Wildman–Crippen MR) is 76.8 cm³/mol. The lowest BCUT2D eigenvalue weighted by molar-refractivity contribution is -0.136. The normalized spacial score (nSPS) is 16.4. The second-order valence-electron chi connectivity index (χ2n) is 4.87. The summed E-state index contributed by atoms with van der Waals surface area (Å²) in [6.45, 7) is 1.11. The van der Waals surface area contributed by atoms with E-state index in [1.165, 1.54) is 0 Å². The third-order valence-corrected chi connectivity index (χ3v) is 3.99. The maximum Gasteiger partial charge on any atom is 0.389 e. The molecule has 7 heteroatoms. The maximum atomic E-state index is 12.4. The quantitative estimate of drug-likeness (QED) is 0.864. The number of nitrogens with one attached hydrogen (secondary N) is 1. The van der Waals surface area contributed by atoms with E-state index in [-0.39, 0.29) is 6.42 Å². The zero-order valence-electron chi connectivity index (χ0n) is 11.6. The monoisotopic (exact) mass is 367 g/mol. The molecule has 3 nitrogen and oxygen atoms in total. The summed E-state index contributed by atoms with van der Waals surface area (Å²) in [4.78, 5) is 0. The van der Waals surface area contributed by atoms with E-state index < -0.39 is 18.6 Å². The Kier molecular flexibility index (Phi) is 5.37. The molecule has 0 fully saturated rings. The van der Waals surface area contributed by atoms with E-state index >= 15 is 0 Å². The van der Waals surface area contributed by atoms with E-state index in [1.54, 1.807) is 19.2 Å². The minimum absolute atomic E-state index is 0.0295. The van der Waals surface area contributed by atoms with Gasteiger partial charge in [-0.25, -0.2) is 0 Å². The van der Waals surface area contributed by atoms with Gasteiger partial charge in [0.2, 0.25) is 0 Å². The lowest BCUT2D eigenvalue weighted by Crippen LogP contribution is -2.20. The molecule has 21 heavy (non-hydrogen) atoms. The predicted octanol–water partition coefficient (Wildman–Crippen LogP) is 4.21. The molecule has 0 bridgehead atoms. The van der Waals surface area contributed by atoms with Gasteiger partial charge >= 0.3 is 6.18 Å². The van der Waals surface area contributed by atoms with Crippen LogP contribution in [0, 0.1) is 0 Å². The molecule has 0 saturated heterocycles. The van der Waals surface area contributed by atoms with Crippen LogP contribution in [0.25, 0.3) is 0 Å². The van der Waals surface area contributed by atoms with Crippen LogP contribution in [-0.4, -0.2) is 26.4 Å². The molecule has 2 rings (SSSR count). The van der Waals surface area contributed by atoms with E-state index in [0.717, 1.165) is 12.0 Å². The van der Waals surface area contributed by atoms with Gasteiger partial charge in [-0.2, -0.15) is 13.2 Å². The number of hydrogen-bond acceptors (Lipinski definition) is 3. The first-order chi connectivity index (χ1) is 9.90. The van der Waals surface area contributed by atoms with Crippen LogP contribution in [0.1, 0.15) is 30.9 Å². The van der Waals surface area contributed by atoms with Gasteiger partial charge in [0.1, 0.15) is 0 Å². The summed E-state index contributed by atoms with van der Waals surface area (Å²) in [6.07, 6.45) is -4.24. The molecule has 118 valence electrons. The largest absolute Gasteiger partial charge is 0.490 e. The van der Waals surface area contributed by atoms with Gasteiger partial charge < -0.3 is 14.8 Å². The van der Waals surface area contributed by atoms with Crippen molar-refractivity contribution in [1.29, 1.82) is 0 Å². The third-order valence-electron chi connectivity index (χ3n) is 3.31. The highest BCUT2D eigenvalue weighted by Gasteiger charge is 2.29. The highest BCUT2D eigenvalue weighted by molar-refractivity contribution is 9.10. The molecule has 1 aromatic rings. The van der Waals surface area contributed by atoms with E-state index in [1.807, 2.05) is 0 Å². The summed E-state index contributed by atoms with van der Waals surface area (Å²) >= 11 is 3.41. The minimum Gasteiger partial charge on any atom is -0.490 e. The molecule has 1 aliphatic heterocycles. The van der Waals surface area contributed by atoms with Crippen LogP contribution >= 0.6 is 15.9 Å². The van der Waals surface area contributed by atoms with Gasteiger partial charge in [0, 0.05) is 23.4 Å². The molecular weight excluding hydrogens is 351 g/mol. The summed E-state index contributed by atoms with van der Waals surface area (Å²) in [6, 6.07) is 3.11. The number of ether oxygens (including phenoxy) is 2. The summed E-state index contributed by atoms with van der Waals surface area (Å²) in [5.41, 5.74) is 0.742. The van der Waals surface area contributed by atoms with Gasteiger partial charge in [-0.1, -0.05) is 15.9 Å². The van der Waals surface area contributed by atoms with Crippen LogP contribution in [0.5, 0.6) is 11.5 Å². The van der Waals surface area contributed by atoms with Crippen LogP contribution in [-0.2, 0) is 0 Å². The SMILES string of the molecule is CNC(CCC(F)(F)F)c1cc2c(cc1Br)OCCCO2. The Hall–Kier alpha value is -0.950. The number of rotatable bonds is 4. The molecule has 0 spiro atoms. The van der Waals surface area contributed by atoms with Crippen LogP contribution in [0.3, 0.4) is 0 Å². The maximum absolute atomic E-state index is 12.4. The zero-order valence-corrected chi connectivity index (χ0v) is 13.2. The number of alkyl halides is 3. The Labute approximate surface area is 129 Å². The van der Waals surface area contributed by atoms with Crippen LogP contribution in [0.15, 0.2) is 16.6 Å². The van der Waals surface area contributed by atoms with Crippen LogP contribution in [0.4, 0.5) is 13.2 Å². The standard InChI is InChI=1S/C14H17BrF3NO2/c1-19-11(3-4-14(16,17)18)9-7-12-13(8-10(9)15)21-6-2-5-20-12/h7-8,11,19H,2-6H2,1H3. The molecule has 0 amide bonds. The van der Waals surface area contributed by atoms with Crippen LogP contribution < -0.4 is 14.8 Å². The summed E-state index contributed by atoms with van der Waals surface area (Å²) < 4.78 is 49.1. The van der Waals surface area contributed by atoms with Gasteiger partial charge in [0.25, 0.3) is 0 Å². The topological polar surface area (TPSA) is 30.5 Å². The fourth-order valence-electron chi connectivity index (χ4n) is 2.23. The molecule has 0 aliphatic carbocycles. The van der Waals surface area contributed by atoms with Crippen molar-refractivity contribution in [2.75, 3.05) is 20.3 Å². The second kappa shape index (κ2) is 6.87. The molecule has 1 atom stereocenters. The summed E-state index contributed by atoms with van der Waals surface area (Å²) in [5.74, 6) is 1.20. The Bertz CT molecular complexity index is 494. The molecule has 0 saturated carbocycles. The average molecular weight is 368 g/mol. The Morgan fingerprint density at radius 1 is 1.24 bits per heavy atom. The fourth-order valence-corrected chi connectivity index (χ4v) is 2.83. The lowest BCUT2D eigenvalue weighted by atomic mass is 10.0. The number of hydrogen-bond donors (Lipinski definition) is 1. The van der Waals surface area contributed by atoms with Gasteiger partial charge in [-0.05, 0) is 31.2 Å². The number of benzene rings is 1. The van der Waals surface area contributed by atoms with Crippen molar-refractivity contribution in [3.05, 3.63) is 22.2 Å². The lowest BCUT2D eigenvalue weighted by Gasteiger charge is -2.20. The Morgan fingerprint density at radius 2 is 1.86 bits per heavy atom. The van der Waals surface area contributed by atoms with E-state index in [0.29, 0.717) is 29.2 Å². The first kappa shape index (κ1) is 16.4. The highest BCUT2D eigenvalue weighted by Crippen LogP contribution is 2.39. The average Bonchev–Trinajstić information content (AvgIpc) is 2.63. The van der Waals surface area contributed by atoms with Crippen molar-refractivity contribution in [3.63, 3.8) is 0 Å². The first-order valence-corrected chi connectivity index (χ1v) is 7.53. The molecule has 1 N–H and O–H groups in total. The fraction of sp³-hybridized carbons (Fsp3) is 0.571. The first-order valence-electron chi connectivity index (χ1n) is 6.74. The van der Waals surface area contributed by atoms with Crippen LogP contribution in [0.2, 0.25) is 0 Å². The van der Waals surface area contributed by atoms with Crippen molar-refractivity contribution in [1.82, 2.24) is 5.32 Å². The number of halogens is 4. The molecular formula is C14H17BrF3NO2. The molecule has 1 heterocycles.